The van der Waals surface area contributed by atoms with Gasteiger partial charge in [-0.1, -0.05) is 0 Å². The first-order valence-electron chi connectivity index (χ1n) is 6.70. The molecule has 2 saturated heterocycles. The average molecular weight is 346 g/mol. The minimum atomic E-state index is -2.27. The number of carbonyl (C=O) groups is 2. The highest BCUT2D eigenvalue weighted by molar-refractivity contribution is 5.83. The summed E-state index contributed by atoms with van der Waals surface area (Å²) in [5, 5.41) is 39.0. The summed E-state index contributed by atoms with van der Waals surface area (Å²) in [7, 11) is 0. The van der Waals surface area contributed by atoms with Crippen LogP contribution in [0.3, 0.4) is 0 Å². The molecule has 12 N–H and O–H groups in total. The van der Waals surface area contributed by atoms with Gasteiger partial charge in [-0.3, -0.25) is 0 Å². The summed E-state index contributed by atoms with van der Waals surface area (Å²) in [6, 6.07) is 0. The van der Waals surface area contributed by atoms with Crippen LogP contribution in [0.1, 0.15) is 25.7 Å². The van der Waals surface area contributed by atoms with Crippen molar-refractivity contribution in [2.45, 2.75) is 37.9 Å². The number of aliphatic hydroxyl groups is 2. The Kier molecular flexibility index (Phi) is 24.1. The summed E-state index contributed by atoms with van der Waals surface area (Å²) in [5.41, 5.74) is 0. The van der Waals surface area contributed by atoms with Gasteiger partial charge in [0.05, 0.1) is 0 Å². The van der Waals surface area contributed by atoms with Gasteiger partial charge in [0.2, 0.25) is 0 Å². The molecule has 0 aromatic carbocycles. The maximum absolute atomic E-state index is 9.77. The van der Waals surface area contributed by atoms with Crippen LogP contribution in [0.15, 0.2) is 0 Å². The van der Waals surface area contributed by atoms with Gasteiger partial charge in [0.15, 0.2) is 12.2 Å². The standard InChI is InChI=1S/2C4H9N.C4H6O6.3H2O/c2*1-2-4-5-3-1;5-1(3(7)8)2(6)4(9)10;;;/h2*5H,1-4H2;1-2,5-6H,(H,7,8)(H,9,10);3*1H2/t;;1-,2-;;;/m..1.../s1. The topological polar surface area (TPSA) is 234 Å². The number of carboxylic acid groups (broad SMARTS) is 2. The molecule has 2 atom stereocenters. The van der Waals surface area contributed by atoms with E-state index in [2.05, 4.69) is 10.6 Å². The summed E-state index contributed by atoms with van der Waals surface area (Å²) < 4.78 is 0. The zero-order valence-corrected chi connectivity index (χ0v) is 12.9. The fraction of sp³-hybridized carbons (Fsp3) is 0.833. The van der Waals surface area contributed by atoms with Crippen molar-refractivity contribution >= 4 is 11.9 Å². The number of aliphatic hydroxyl groups excluding tert-OH is 2. The molecule has 0 aromatic rings. The number of hydrogen-bond acceptors (Lipinski definition) is 6. The molecule has 0 unspecified atom stereocenters. The molecule has 23 heavy (non-hydrogen) atoms. The van der Waals surface area contributed by atoms with Gasteiger partial charge in [-0.15, -0.1) is 0 Å². The smallest absolute Gasteiger partial charge is 0.335 e. The Bertz CT molecular complexity index is 240. The summed E-state index contributed by atoms with van der Waals surface area (Å²) in [5.74, 6) is -3.54. The number of hydrogen-bond donors (Lipinski definition) is 6. The molecular weight excluding hydrogens is 316 g/mol. The second-order valence-electron chi connectivity index (χ2n) is 4.48. The van der Waals surface area contributed by atoms with Crippen LogP contribution in [0.5, 0.6) is 0 Å². The quantitative estimate of drug-likeness (QED) is 0.295. The summed E-state index contributed by atoms with van der Waals surface area (Å²) in [6.45, 7) is 5.00. The van der Waals surface area contributed by atoms with Crippen molar-refractivity contribution in [2.24, 2.45) is 0 Å². The molecule has 11 nitrogen and oxygen atoms in total. The molecule has 0 saturated carbocycles. The van der Waals surface area contributed by atoms with Crippen molar-refractivity contribution < 1.29 is 46.4 Å². The Balaban J connectivity index is -0.000000119. The monoisotopic (exact) mass is 346 g/mol. The lowest BCUT2D eigenvalue weighted by atomic mass is 10.2. The SMILES string of the molecule is C1CCNC1.C1CCNC1.O.O.O.O=C(O)[C@H](O)[C@@H](O)C(=O)O. The van der Waals surface area contributed by atoms with Crippen molar-refractivity contribution in [1.82, 2.24) is 10.6 Å². The lowest BCUT2D eigenvalue weighted by Gasteiger charge is -2.07. The maximum Gasteiger partial charge on any atom is 0.335 e. The zero-order chi connectivity index (χ0) is 15.4. The minimum Gasteiger partial charge on any atom is -0.479 e. The molecule has 0 aromatic heterocycles. The average Bonchev–Trinajstić information content (AvgIpc) is 3.12. The Morgan fingerprint density at radius 1 is 0.652 bits per heavy atom. The minimum absolute atomic E-state index is 0. The second kappa shape index (κ2) is 18.7. The molecule has 2 aliphatic rings. The van der Waals surface area contributed by atoms with Crippen molar-refractivity contribution in [2.75, 3.05) is 26.2 Å². The van der Waals surface area contributed by atoms with E-state index >= 15 is 0 Å². The van der Waals surface area contributed by atoms with E-state index in [-0.39, 0.29) is 16.4 Å². The van der Waals surface area contributed by atoms with Crippen LogP contribution in [-0.4, -0.2) is 87.2 Å². The lowest BCUT2D eigenvalue weighted by molar-refractivity contribution is -0.165. The first kappa shape index (κ1) is 29.6. The normalized spacial score (nSPS) is 17.3. The Labute approximate surface area is 134 Å². The van der Waals surface area contributed by atoms with Crippen molar-refractivity contribution in [1.29, 1.82) is 0 Å². The fourth-order valence-electron chi connectivity index (χ4n) is 1.52. The number of nitrogens with one attached hydrogen (secondary N) is 2. The van der Waals surface area contributed by atoms with E-state index in [9.17, 15) is 9.59 Å². The van der Waals surface area contributed by atoms with Crippen LogP contribution in [0, 0.1) is 0 Å². The van der Waals surface area contributed by atoms with Gasteiger partial charge in [-0.2, -0.15) is 0 Å². The van der Waals surface area contributed by atoms with Crippen molar-refractivity contribution in [3.8, 4) is 0 Å². The molecule has 0 aliphatic carbocycles. The predicted octanol–water partition coefficient (Wildman–Crippen LogP) is -3.86. The highest BCUT2D eigenvalue weighted by atomic mass is 16.4. The van der Waals surface area contributed by atoms with Gasteiger partial charge in [-0.25, -0.2) is 9.59 Å². The van der Waals surface area contributed by atoms with Gasteiger partial charge in [0, 0.05) is 0 Å². The molecule has 0 bridgehead atoms. The Hall–Kier alpha value is -1.34. The third-order valence-corrected chi connectivity index (χ3v) is 2.72. The third-order valence-electron chi connectivity index (χ3n) is 2.72. The molecule has 0 amide bonds. The van der Waals surface area contributed by atoms with Crippen molar-refractivity contribution in [3.63, 3.8) is 0 Å². The van der Waals surface area contributed by atoms with E-state index < -0.39 is 24.1 Å². The van der Waals surface area contributed by atoms with E-state index in [1.807, 2.05) is 0 Å². The van der Waals surface area contributed by atoms with Crippen LogP contribution < -0.4 is 10.6 Å². The molecule has 2 aliphatic heterocycles. The van der Waals surface area contributed by atoms with Crippen LogP contribution in [0.4, 0.5) is 0 Å². The van der Waals surface area contributed by atoms with Gasteiger partial charge in [0.1, 0.15) is 0 Å². The van der Waals surface area contributed by atoms with Crippen LogP contribution in [0.25, 0.3) is 0 Å². The molecule has 142 valence electrons. The first-order chi connectivity index (χ1) is 9.46. The molecule has 2 fully saturated rings. The zero-order valence-electron chi connectivity index (χ0n) is 12.9. The molecular formula is C12H30N2O9. The van der Waals surface area contributed by atoms with Gasteiger partial charge < -0.3 is 47.5 Å². The van der Waals surface area contributed by atoms with E-state index in [1.54, 1.807) is 0 Å². The molecule has 2 rings (SSSR count). The van der Waals surface area contributed by atoms with Gasteiger partial charge >= 0.3 is 11.9 Å². The summed E-state index contributed by atoms with van der Waals surface area (Å²) >= 11 is 0. The predicted molar refractivity (Wildman–Crippen MR) is 82.3 cm³/mol. The number of aliphatic carboxylic acids is 2. The summed E-state index contributed by atoms with van der Waals surface area (Å²) in [6.07, 6.45) is 1.02. The van der Waals surface area contributed by atoms with Gasteiger partial charge in [-0.05, 0) is 51.9 Å². The summed E-state index contributed by atoms with van der Waals surface area (Å²) in [4.78, 5) is 19.5. The number of rotatable bonds is 3. The van der Waals surface area contributed by atoms with Crippen LogP contribution in [-0.2, 0) is 9.59 Å². The van der Waals surface area contributed by atoms with E-state index in [1.165, 1.54) is 51.9 Å². The lowest BCUT2D eigenvalue weighted by Crippen LogP contribution is -2.39. The van der Waals surface area contributed by atoms with Gasteiger partial charge in [0.25, 0.3) is 0 Å². The van der Waals surface area contributed by atoms with Crippen molar-refractivity contribution in [3.05, 3.63) is 0 Å². The highest BCUT2D eigenvalue weighted by Gasteiger charge is 2.29. The molecule has 0 spiro atoms. The van der Waals surface area contributed by atoms with E-state index in [0.29, 0.717) is 0 Å². The Morgan fingerprint density at radius 3 is 0.957 bits per heavy atom. The largest absolute Gasteiger partial charge is 0.479 e. The second-order valence-corrected chi connectivity index (χ2v) is 4.48. The maximum atomic E-state index is 9.77. The van der Waals surface area contributed by atoms with Crippen LogP contribution >= 0.6 is 0 Å². The fourth-order valence-corrected chi connectivity index (χ4v) is 1.52. The van der Waals surface area contributed by atoms with Crippen LogP contribution in [0.2, 0.25) is 0 Å². The molecule has 2 heterocycles. The highest BCUT2D eigenvalue weighted by Crippen LogP contribution is 1.92. The number of carboxylic acids is 2. The molecule has 0 radical (unpaired) electrons. The molecule has 11 heteroatoms. The first-order valence-corrected chi connectivity index (χ1v) is 6.70. The Morgan fingerprint density at radius 2 is 0.870 bits per heavy atom. The third kappa shape index (κ3) is 16.9. The van der Waals surface area contributed by atoms with E-state index in [4.69, 9.17) is 20.4 Å². The van der Waals surface area contributed by atoms with E-state index in [0.717, 1.165) is 0 Å².